The van der Waals surface area contributed by atoms with E-state index in [1.165, 1.54) is 0 Å². The van der Waals surface area contributed by atoms with E-state index in [0.717, 1.165) is 23.3 Å². The predicted octanol–water partition coefficient (Wildman–Crippen LogP) is 2.80. The van der Waals surface area contributed by atoms with Crippen LogP contribution in [0, 0.1) is 18.3 Å². The minimum absolute atomic E-state index is 0.0400. The number of hydrogen-bond acceptors (Lipinski definition) is 5. The Bertz CT molecular complexity index is 877. The van der Waals surface area contributed by atoms with Gasteiger partial charge in [0.1, 0.15) is 11.8 Å². The molecule has 1 fully saturated rings. The smallest absolute Gasteiger partial charge is 0.246 e. The average Bonchev–Trinajstić information content (AvgIpc) is 2.72. The topological polar surface area (TPSA) is 73.1 Å². The first-order chi connectivity index (χ1) is 13.1. The Kier molecular flexibility index (Phi) is 5.82. The third-order valence-electron chi connectivity index (χ3n) is 4.65. The zero-order valence-electron chi connectivity index (χ0n) is 15.7. The number of allylic oxidation sites excluding steroid dienone is 1. The fourth-order valence-corrected chi connectivity index (χ4v) is 3.16. The van der Waals surface area contributed by atoms with E-state index < -0.39 is 0 Å². The number of piperazine rings is 1. The molecule has 0 unspecified atom stereocenters. The van der Waals surface area contributed by atoms with Crippen molar-refractivity contribution in [3.05, 3.63) is 59.4 Å². The van der Waals surface area contributed by atoms with E-state index in [9.17, 15) is 4.79 Å². The lowest BCUT2D eigenvalue weighted by Crippen LogP contribution is -2.49. The van der Waals surface area contributed by atoms with Crippen molar-refractivity contribution in [2.24, 2.45) is 0 Å². The molecule has 0 bridgehead atoms. The van der Waals surface area contributed by atoms with Crippen LogP contribution in [0.2, 0.25) is 0 Å². The Morgan fingerprint density at radius 3 is 2.52 bits per heavy atom. The molecule has 1 saturated heterocycles. The van der Waals surface area contributed by atoms with Crippen molar-refractivity contribution in [2.45, 2.75) is 20.3 Å². The van der Waals surface area contributed by atoms with Gasteiger partial charge in [-0.2, -0.15) is 5.26 Å². The summed E-state index contributed by atoms with van der Waals surface area (Å²) in [5.74, 6) is 0.603. The van der Waals surface area contributed by atoms with E-state index >= 15 is 0 Å². The second kappa shape index (κ2) is 8.45. The number of benzene rings is 1. The van der Waals surface area contributed by atoms with E-state index in [2.05, 4.69) is 23.0 Å². The molecule has 1 aromatic heterocycles. The summed E-state index contributed by atoms with van der Waals surface area (Å²) in [6, 6.07) is 13.7. The van der Waals surface area contributed by atoms with Crippen LogP contribution in [-0.4, -0.2) is 47.0 Å². The monoisotopic (exact) mass is 361 g/mol. The minimum atomic E-state index is 0.0400. The van der Waals surface area contributed by atoms with Crippen molar-refractivity contribution in [1.29, 1.82) is 5.26 Å². The van der Waals surface area contributed by atoms with Gasteiger partial charge in [0.15, 0.2) is 0 Å². The van der Waals surface area contributed by atoms with Crippen molar-refractivity contribution in [3.8, 4) is 6.07 Å². The Morgan fingerprint density at radius 1 is 1.19 bits per heavy atom. The van der Waals surface area contributed by atoms with Crippen LogP contribution >= 0.6 is 0 Å². The summed E-state index contributed by atoms with van der Waals surface area (Å²) < 4.78 is 0. The molecule has 138 valence electrons. The maximum absolute atomic E-state index is 12.7. The number of carbonyl (C=O) groups is 1. The van der Waals surface area contributed by atoms with Gasteiger partial charge in [-0.25, -0.2) is 9.97 Å². The van der Waals surface area contributed by atoms with E-state index in [4.69, 9.17) is 5.26 Å². The van der Waals surface area contributed by atoms with E-state index in [-0.39, 0.29) is 5.91 Å². The molecular weight excluding hydrogens is 338 g/mol. The van der Waals surface area contributed by atoms with Crippen molar-refractivity contribution >= 4 is 17.4 Å². The lowest BCUT2D eigenvalue weighted by molar-refractivity contribution is -0.126. The average molecular weight is 361 g/mol. The number of rotatable bonds is 4. The van der Waals surface area contributed by atoms with Crippen molar-refractivity contribution in [1.82, 2.24) is 14.9 Å². The second-order valence-corrected chi connectivity index (χ2v) is 6.51. The molecule has 0 spiro atoms. The van der Waals surface area contributed by atoms with Crippen LogP contribution in [-0.2, 0) is 4.79 Å². The molecule has 3 rings (SSSR count). The maximum Gasteiger partial charge on any atom is 0.246 e. The largest absolute Gasteiger partial charge is 0.337 e. The molecule has 1 aliphatic rings. The summed E-state index contributed by atoms with van der Waals surface area (Å²) in [5, 5.41) is 9.08. The Balaban J connectivity index is 1.67. The zero-order valence-corrected chi connectivity index (χ0v) is 15.7. The Hall–Kier alpha value is -3.20. The van der Waals surface area contributed by atoms with Crippen LogP contribution in [0.4, 0.5) is 5.95 Å². The lowest BCUT2D eigenvalue weighted by Gasteiger charge is -2.34. The molecule has 1 aliphatic heterocycles. The van der Waals surface area contributed by atoms with Gasteiger partial charge in [-0.15, -0.1) is 0 Å². The van der Waals surface area contributed by atoms with Gasteiger partial charge in [0.05, 0.1) is 0 Å². The molecule has 2 heterocycles. The van der Waals surface area contributed by atoms with E-state index in [1.54, 1.807) is 12.1 Å². The molecule has 0 saturated carbocycles. The highest BCUT2D eigenvalue weighted by molar-refractivity contribution is 5.95. The number of nitriles is 1. The quantitative estimate of drug-likeness (QED) is 0.783. The van der Waals surface area contributed by atoms with Gasteiger partial charge in [-0.1, -0.05) is 37.3 Å². The predicted molar refractivity (Wildman–Crippen MR) is 105 cm³/mol. The van der Waals surface area contributed by atoms with Crippen LogP contribution in [0.5, 0.6) is 0 Å². The zero-order chi connectivity index (χ0) is 19.2. The number of carbonyl (C=O) groups excluding carboxylic acids is 1. The van der Waals surface area contributed by atoms with Gasteiger partial charge in [0.2, 0.25) is 11.9 Å². The molecule has 6 heteroatoms. The first-order valence-corrected chi connectivity index (χ1v) is 9.16. The molecule has 27 heavy (non-hydrogen) atoms. The SMILES string of the molecule is CC/C(=C\C(=O)N1CCN(c2nc(C)cc(C#N)n2)CC1)c1ccccc1. The van der Waals surface area contributed by atoms with Crippen molar-refractivity contribution in [2.75, 3.05) is 31.1 Å². The molecule has 1 amide bonds. The van der Waals surface area contributed by atoms with Crippen molar-refractivity contribution < 1.29 is 4.79 Å². The first kappa shape index (κ1) is 18.6. The van der Waals surface area contributed by atoms with Gasteiger partial charge in [-0.05, 0) is 30.5 Å². The number of nitrogens with zero attached hydrogens (tertiary/aromatic N) is 5. The van der Waals surface area contributed by atoms with Crippen molar-refractivity contribution in [3.63, 3.8) is 0 Å². The number of amides is 1. The molecule has 0 atom stereocenters. The second-order valence-electron chi connectivity index (χ2n) is 6.51. The third kappa shape index (κ3) is 4.50. The van der Waals surface area contributed by atoms with Crippen LogP contribution < -0.4 is 4.90 Å². The molecule has 2 aromatic rings. The van der Waals surface area contributed by atoms with Gasteiger partial charge < -0.3 is 9.80 Å². The van der Waals surface area contributed by atoms with Crippen LogP contribution in [0.25, 0.3) is 5.57 Å². The molecule has 0 N–H and O–H groups in total. The van der Waals surface area contributed by atoms with Gasteiger partial charge in [0.25, 0.3) is 0 Å². The number of hydrogen-bond donors (Lipinski definition) is 0. The minimum Gasteiger partial charge on any atom is -0.337 e. The van der Waals surface area contributed by atoms with Gasteiger partial charge in [-0.3, -0.25) is 4.79 Å². The summed E-state index contributed by atoms with van der Waals surface area (Å²) in [5.41, 5.74) is 3.27. The molecule has 1 aromatic carbocycles. The lowest BCUT2D eigenvalue weighted by atomic mass is 10.0. The number of aryl methyl sites for hydroxylation is 1. The summed E-state index contributed by atoms with van der Waals surface area (Å²) >= 11 is 0. The fraction of sp³-hybridized carbons (Fsp3) is 0.333. The van der Waals surface area contributed by atoms with Crippen LogP contribution in [0.15, 0.2) is 42.5 Å². The standard InChI is InChI=1S/C21H23N5O/c1-3-17(18-7-5-4-6-8-18)14-20(27)25-9-11-26(12-10-25)21-23-16(2)13-19(15-22)24-21/h4-8,13-14H,3,9-12H2,1-2H3/b17-14+. The summed E-state index contributed by atoms with van der Waals surface area (Å²) in [6.45, 7) is 6.44. The summed E-state index contributed by atoms with van der Waals surface area (Å²) in [7, 11) is 0. The number of aromatic nitrogens is 2. The normalized spacial score (nSPS) is 14.8. The molecule has 6 nitrogen and oxygen atoms in total. The van der Waals surface area contributed by atoms with E-state index in [1.807, 2.05) is 47.1 Å². The highest BCUT2D eigenvalue weighted by Gasteiger charge is 2.22. The highest BCUT2D eigenvalue weighted by atomic mass is 16.2. The first-order valence-electron chi connectivity index (χ1n) is 9.16. The van der Waals surface area contributed by atoms with E-state index in [0.29, 0.717) is 37.8 Å². The Morgan fingerprint density at radius 2 is 1.89 bits per heavy atom. The Labute approximate surface area is 159 Å². The van der Waals surface area contributed by atoms with Gasteiger partial charge in [0, 0.05) is 37.9 Å². The van der Waals surface area contributed by atoms with Crippen LogP contribution in [0.1, 0.15) is 30.3 Å². The summed E-state index contributed by atoms with van der Waals surface area (Å²) in [6.07, 6.45) is 2.56. The molecule has 0 radical (unpaired) electrons. The fourth-order valence-electron chi connectivity index (χ4n) is 3.16. The number of anilines is 1. The molecule has 0 aliphatic carbocycles. The third-order valence-corrected chi connectivity index (χ3v) is 4.65. The van der Waals surface area contributed by atoms with Gasteiger partial charge >= 0.3 is 0 Å². The van der Waals surface area contributed by atoms with Crippen LogP contribution in [0.3, 0.4) is 0 Å². The maximum atomic E-state index is 12.7. The highest BCUT2D eigenvalue weighted by Crippen LogP contribution is 2.19. The summed E-state index contributed by atoms with van der Waals surface area (Å²) in [4.78, 5) is 25.3. The molecular formula is C21H23N5O.